The maximum atomic E-state index is 9.17. The number of benzene rings is 1. The smallest absolute Gasteiger partial charge is 0.456 e. The topological polar surface area (TPSA) is 53.6 Å². The highest BCUT2D eigenvalue weighted by molar-refractivity contribution is 6.64. The van der Waals surface area contributed by atoms with Crippen molar-refractivity contribution in [3.8, 4) is 0 Å². The predicted octanol–water partition coefficient (Wildman–Crippen LogP) is 0.192. The zero-order chi connectivity index (χ0) is 11.7. The number of furan rings is 1. The van der Waals surface area contributed by atoms with Crippen molar-refractivity contribution in [3.63, 3.8) is 0 Å². The molecule has 2 rings (SSSR count). The van der Waals surface area contributed by atoms with E-state index in [9.17, 15) is 10.0 Å². The maximum Gasteiger partial charge on any atom is 0.492 e. The number of para-hydroxylation sites is 1. The number of fused-ring (bicyclic) bond motifs is 1. The van der Waals surface area contributed by atoms with E-state index in [0.717, 1.165) is 5.39 Å². The largest absolute Gasteiger partial charge is 0.492 e. The molecule has 0 aliphatic heterocycles. The van der Waals surface area contributed by atoms with Crippen LogP contribution in [0.15, 0.2) is 41.3 Å². The third-order valence-electron chi connectivity index (χ3n) is 2.46. The fraction of sp³-hybridized carbons (Fsp3) is 0. The minimum Gasteiger partial charge on any atom is -0.456 e. The molecule has 0 unspecified atom stereocenters. The van der Waals surface area contributed by atoms with Gasteiger partial charge in [0.1, 0.15) is 11.0 Å². The first-order valence-electron chi connectivity index (χ1n) is 4.84. The van der Waals surface area contributed by atoms with Gasteiger partial charge in [0.15, 0.2) is 0 Å². The maximum absolute atomic E-state index is 9.17. The Morgan fingerprint density at radius 1 is 1.31 bits per heavy atom. The van der Waals surface area contributed by atoms with Crippen molar-refractivity contribution in [2.45, 2.75) is 0 Å². The molecule has 0 spiro atoms. The molecule has 2 aromatic rings. The van der Waals surface area contributed by atoms with Crippen LogP contribution in [-0.4, -0.2) is 17.2 Å². The fourth-order valence-electron chi connectivity index (χ4n) is 1.65. The lowest BCUT2D eigenvalue weighted by Crippen LogP contribution is -2.28. The molecule has 0 saturated heterocycles. The molecular formula is C12H11BO3. The molecule has 0 radical (unpaired) electrons. The lowest BCUT2D eigenvalue weighted by atomic mass is 9.79. The Hall–Kier alpha value is -1.78. The van der Waals surface area contributed by atoms with Gasteiger partial charge in [-0.25, -0.2) is 0 Å². The van der Waals surface area contributed by atoms with E-state index in [2.05, 4.69) is 13.2 Å². The Morgan fingerprint density at radius 3 is 2.56 bits per heavy atom. The Morgan fingerprint density at radius 2 is 2.00 bits per heavy atom. The molecule has 1 aromatic carbocycles. The summed E-state index contributed by atoms with van der Waals surface area (Å²) < 4.78 is 5.52. The zero-order valence-electron chi connectivity index (χ0n) is 8.68. The SMILES string of the molecule is C=C/C(B(O)O)=c1/oc2ccccc2c1=C. The van der Waals surface area contributed by atoms with Gasteiger partial charge in [0.2, 0.25) is 0 Å². The lowest BCUT2D eigenvalue weighted by Gasteiger charge is -1.95. The van der Waals surface area contributed by atoms with Crippen molar-refractivity contribution in [3.05, 3.63) is 47.6 Å². The summed E-state index contributed by atoms with van der Waals surface area (Å²) in [6.45, 7) is 7.40. The average molecular weight is 214 g/mol. The van der Waals surface area contributed by atoms with Crippen LogP contribution in [0.4, 0.5) is 0 Å². The molecule has 0 bridgehead atoms. The number of hydrogen-bond donors (Lipinski definition) is 2. The highest BCUT2D eigenvalue weighted by Crippen LogP contribution is 2.07. The van der Waals surface area contributed by atoms with E-state index >= 15 is 0 Å². The number of rotatable bonds is 2. The molecular weight excluding hydrogens is 203 g/mol. The molecule has 16 heavy (non-hydrogen) atoms. The molecule has 3 nitrogen and oxygen atoms in total. The Labute approximate surface area is 92.8 Å². The van der Waals surface area contributed by atoms with Gasteiger partial charge in [0, 0.05) is 16.1 Å². The van der Waals surface area contributed by atoms with Gasteiger partial charge in [0.05, 0.1) is 0 Å². The Kier molecular flexibility index (Phi) is 2.68. The van der Waals surface area contributed by atoms with Crippen LogP contribution in [0.3, 0.4) is 0 Å². The molecule has 0 aliphatic carbocycles. The third-order valence-corrected chi connectivity index (χ3v) is 2.46. The van der Waals surface area contributed by atoms with Crippen LogP contribution in [-0.2, 0) is 0 Å². The molecule has 80 valence electrons. The summed E-state index contributed by atoms with van der Waals surface area (Å²) in [4.78, 5) is 0. The summed E-state index contributed by atoms with van der Waals surface area (Å²) in [5.41, 5.74) is 1.26. The lowest BCUT2D eigenvalue weighted by molar-refractivity contribution is 0.425. The van der Waals surface area contributed by atoms with Crippen molar-refractivity contribution in [2.75, 3.05) is 0 Å². The van der Waals surface area contributed by atoms with Crippen LogP contribution < -0.4 is 10.6 Å². The van der Waals surface area contributed by atoms with Gasteiger partial charge in [-0.05, 0) is 6.07 Å². The summed E-state index contributed by atoms with van der Waals surface area (Å²) in [5.74, 6) is 0. The monoisotopic (exact) mass is 214 g/mol. The quantitative estimate of drug-likeness (QED) is 0.701. The minimum atomic E-state index is -1.61. The molecule has 1 heterocycles. The van der Waals surface area contributed by atoms with E-state index in [1.54, 1.807) is 6.07 Å². The average Bonchev–Trinajstić information content (AvgIpc) is 2.58. The normalized spacial score (nSPS) is 12.6. The molecule has 1 aromatic heterocycles. The second-order valence-corrected chi connectivity index (χ2v) is 3.44. The zero-order valence-corrected chi connectivity index (χ0v) is 8.68. The van der Waals surface area contributed by atoms with Crippen LogP contribution in [0.1, 0.15) is 0 Å². The van der Waals surface area contributed by atoms with Crippen molar-refractivity contribution >= 4 is 30.1 Å². The molecule has 0 amide bonds. The van der Waals surface area contributed by atoms with Crippen molar-refractivity contribution < 1.29 is 14.5 Å². The van der Waals surface area contributed by atoms with Crippen molar-refractivity contribution in [2.24, 2.45) is 0 Å². The van der Waals surface area contributed by atoms with Crippen LogP contribution in [0.5, 0.6) is 0 Å². The molecule has 0 fully saturated rings. The molecule has 4 heteroatoms. The standard InChI is InChI=1S/C12H11BO3/c1-3-10(13(14)15)12-8(2)9-6-4-5-7-11(9)16-12/h3-7,14-15H,1-2H2/b12-10-. The van der Waals surface area contributed by atoms with E-state index in [1.165, 1.54) is 6.08 Å². The Balaban J connectivity index is 2.95. The van der Waals surface area contributed by atoms with E-state index < -0.39 is 7.12 Å². The van der Waals surface area contributed by atoms with Gasteiger partial charge in [-0.15, -0.1) is 0 Å². The molecule has 0 atom stereocenters. The van der Waals surface area contributed by atoms with Crippen molar-refractivity contribution in [1.82, 2.24) is 0 Å². The van der Waals surface area contributed by atoms with Crippen LogP contribution in [0, 0.1) is 0 Å². The third kappa shape index (κ3) is 1.58. The summed E-state index contributed by atoms with van der Waals surface area (Å²) in [7, 11) is -1.61. The van der Waals surface area contributed by atoms with Crippen LogP contribution in [0.2, 0.25) is 0 Å². The second-order valence-electron chi connectivity index (χ2n) is 3.44. The predicted molar refractivity (Wildman–Crippen MR) is 64.8 cm³/mol. The van der Waals surface area contributed by atoms with Crippen LogP contribution in [0.25, 0.3) is 23.0 Å². The first-order chi connectivity index (χ1) is 7.65. The first kappa shape index (κ1) is 10.7. The van der Waals surface area contributed by atoms with E-state index in [-0.39, 0.29) is 5.47 Å². The minimum absolute atomic E-state index is 0.223. The summed E-state index contributed by atoms with van der Waals surface area (Å²) in [6, 6.07) is 7.39. The van der Waals surface area contributed by atoms with Crippen molar-refractivity contribution in [1.29, 1.82) is 0 Å². The summed E-state index contributed by atoms with van der Waals surface area (Å²) >= 11 is 0. The number of allylic oxidation sites excluding steroid dienone is 1. The van der Waals surface area contributed by atoms with Crippen LogP contribution >= 0.6 is 0 Å². The van der Waals surface area contributed by atoms with Gasteiger partial charge >= 0.3 is 7.12 Å². The van der Waals surface area contributed by atoms with E-state index in [0.29, 0.717) is 16.2 Å². The van der Waals surface area contributed by atoms with Gasteiger partial charge in [-0.1, -0.05) is 37.4 Å². The molecule has 0 saturated carbocycles. The van der Waals surface area contributed by atoms with Gasteiger partial charge in [0.25, 0.3) is 0 Å². The van der Waals surface area contributed by atoms with Gasteiger partial charge in [-0.2, -0.15) is 0 Å². The molecule has 2 N–H and O–H groups in total. The molecule has 0 aliphatic rings. The second kappa shape index (κ2) is 4.00. The highest BCUT2D eigenvalue weighted by Gasteiger charge is 2.15. The summed E-state index contributed by atoms with van der Waals surface area (Å²) in [5, 5.41) is 19.8. The van der Waals surface area contributed by atoms with Gasteiger partial charge < -0.3 is 14.5 Å². The number of hydrogen-bond acceptors (Lipinski definition) is 3. The Bertz CT molecular complexity index is 640. The van der Waals surface area contributed by atoms with E-state index in [4.69, 9.17) is 4.42 Å². The fourth-order valence-corrected chi connectivity index (χ4v) is 1.65. The first-order valence-corrected chi connectivity index (χ1v) is 4.84. The van der Waals surface area contributed by atoms with E-state index in [1.807, 2.05) is 18.2 Å². The van der Waals surface area contributed by atoms with Gasteiger partial charge in [-0.3, -0.25) is 0 Å². The summed E-state index contributed by atoms with van der Waals surface area (Å²) in [6.07, 6.45) is 1.36. The highest BCUT2D eigenvalue weighted by atomic mass is 16.4.